The van der Waals surface area contributed by atoms with Crippen molar-refractivity contribution in [2.24, 2.45) is 0 Å². The number of rotatable bonds is 3. The molecule has 5 heteroatoms. The van der Waals surface area contributed by atoms with Gasteiger partial charge in [0, 0.05) is 19.2 Å². The molecule has 2 aliphatic rings. The van der Waals surface area contributed by atoms with Crippen LogP contribution in [0.2, 0.25) is 0 Å². The van der Waals surface area contributed by atoms with Gasteiger partial charge in [0.2, 0.25) is 0 Å². The maximum Gasteiger partial charge on any atom is 0.136 e. The largest absolute Gasteiger partial charge is 0.378 e. The van der Waals surface area contributed by atoms with E-state index in [9.17, 15) is 0 Å². The topological polar surface area (TPSA) is 60.1 Å². The first-order valence-electron chi connectivity index (χ1n) is 6.37. The van der Waals surface area contributed by atoms with Crippen LogP contribution < -0.4 is 0 Å². The zero-order valence-electron chi connectivity index (χ0n) is 11.1. The van der Waals surface area contributed by atoms with Crippen LogP contribution in [0.3, 0.4) is 0 Å². The van der Waals surface area contributed by atoms with E-state index in [0.29, 0.717) is 5.71 Å². The van der Waals surface area contributed by atoms with Crippen LogP contribution in [-0.4, -0.2) is 34.1 Å². The van der Waals surface area contributed by atoms with E-state index in [1.165, 1.54) is 0 Å². The van der Waals surface area contributed by atoms with Gasteiger partial charge in [0.15, 0.2) is 0 Å². The van der Waals surface area contributed by atoms with E-state index in [4.69, 9.17) is 14.9 Å². The highest BCUT2D eigenvalue weighted by Gasteiger charge is 2.60. The fourth-order valence-corrected chi connectivity index (χ4v) is 2.97. The van der Waals surface area contributed by atoms with Crippen LogP contribution in [-0.2, 0) is 9.47 Å². The van der Waals surface area contributed by atoms with Crippen LogP contribution in [0.4, 0.5) is 0 Å². The van der Waals surface area contributed by atoms with Crippen molar-refractivity contribution in [3.63, 3.8) is 0 Å². The van der Waals surface area contributed by atoms with Gasteiger partial charge < -0.3 is 19.5 Å². The van der Waals surface area contributed by atoms with Gasteiger partial charge in [-0.05, 0) is 26.7 Å². The van der Waals surface area contributed by atoms with Crippen molar-refractivity contribution < 1.29 is 9.47 Å². The average molecular weight is 249 g/mol. The molecule has 1 aliphatic heterocycles. The van der Waals surface area contributed by atoms with Crippen molar-refractivity contribution in [2.45, 2.75) is 51.0 Å². The normalized spacial score (nSPS) is 34.2. The second kappa shape index (κ2) is 3.90. The van der Waals surface area contributed by atoms with Crippen LogP contribution in [0.5, 0.6) is 0 Å². The summed E-state index contributed by atoms with van der Waals surface area (Å²) in [6.07, 6.45) is 5.14. The molecule has 1 saturated carbocycles. The number of nitrogens with zero attached hydrogens (tertiary/aromatic N) is 2. The van der Waals surface area contributed by atoms with E-state index in [-0.39, 0.29) is 17.9 Å². The molecule has 2 heterocycles. The van der Waals surface area contributed by atoms with Gasteiger partial charge in [-0.1, -0.05) is 0 Å². The smallest absolute Gasteiger partial charge is 0.136 e. The summed E-state index contributed by atoms with van der Waals surface area (Å²) in [5.74, 6) is 0. The van der Waals surface area contributed by atoms with Crippen LogP contribution in [0.15, 0.2) is 6.33 Å². The molecule has 0 radical (unpaired) electrons. The number of aromatic nitrogens is 2. The lowest BCUT2D eigenvalue weighted by atomic mass is 10.2. The highest BCUT2D eigenvalue weighted by Crippen LogP contribution is 2.54. The highest BCUT2D eigenvalue weighted by atomic mass is 16.6. The zero-order chi connectivity index (χ0) is 12.9. The number of nitrogens with one attached hydrogen (secondary N) is 1. The molecular formula is C13H19N3O2. The lowest BCUT2D eigenvalue weighted by molar-refractivity contribution is -0.0415. The molecule has 0 amide bonds. The molecule has 1 saturated heterocycles. The standard InChI is InChI=1S/C13H19N3O2/c1-8(14)12-9(2)16(7-15-12)11-4-5-13(18-11)6-10(13)17-3/h7,10-11,14H,4-6H2,1-3H3/t10-,11+,13?/m0/s1. The first kappa shape index (κ1) is 11.9. The Morgan fingerprint density at radius 3 is 3.00 bits per heavy atom. The minimum absolute atomic E-state index is 0.0456. The molecule has 1 unspecified atom stereocenters. The van der Waals surface area contributed by atoms with Crippen molar-refractivity contribution in [3.05, 3.63) is 17.7 Å². The molecule has 1 aliphatic carbocycles. The van der Waals surface area contributed by atoms with Gasteiger partial charge in [0.05, 0.1) is 23.7 Å². The number of ether oxygens (including phenoxy) is 2. The summed E-state index contributed by atoms with van der Waals surface area (Å²) < 4.78 is 13.6. The molecule has 3 rings (SSSR count). The maximum absolute atomic E-state index is 7.68. The van der Waals surface area contributed by atoms with E-state index < -0.39 is 0 Å². The first-order valence-corrected chi connectivity index (χ1v) is 6.37. The summed E-state index contributed by atoms with van der Waals surface area (Å²) in [4.78, 5) is 4.29. The molecule has 1 spiro atoms. The Hall–Kier alpha value is -1.20. The Balaban J connectivity index is 1.79. The van der Waals surface area contributed by atoms with Crippen LogP contribution in [0.1, 0.15) is 43.8 Å². The Bertz CT molecular complexity index is 496. The second-order valence-corrected chi connectivity index (χ2v) is 5.32. The van der Waals surface area contributed by atoms with Crippen molar-refractivity contribution >= 4 is 5.71 Å². The van der Waals surface area contributed by atoms with Gasteiger partial charge in [0.25, 0.3) is 0 Å². The predicted octanol–water partition coefficient (Wildman–Crippen LogP) is 2.05. The third-order valence-corrected chi connectivity index (χ3v) is 4.13. The predicted molar refractivity (Wildman–Crippen MR) is 67.0 cm³/mol. The monoisotopic (exact) mass is 249 g/mol. The molecule has 0 bridgehead atoms. The maximum atomic E-state index is 7.68. The molecular weight excluding hydrogens is 230 g/mol. The SMILES string of the molecule is CO[C@H]1CC12CC[C@H](n1cnc(C(C)=N)c1C)O2. The quantitative estimate of drug-likeness (QED) is 0.834. The fraction of sp³-hybridized carbons (Fsp3) is 0.692. The summed E-state index contributed by atoms with van der Waals surface area (Å²) in [7, 11) is 1.75. The lowest BCUT2D eigenvalue weighted by Crippen LogP contribution is -2.17. The summed E-state index contributed by atoms with van der Waals surface area (Å²) >= 11 is 0. The van der Waals surface area contributed by atoms with Crippen molar-refractivity contribution in [3.8, 4) is 0 Å². The molecule has 1 N–H and O–H groups in total. The fourth-order valence-electron chi connectivity index (χ4n) is 2.97. The van der Waals surface area contributed by atoms with E-state index >= 15 is 0 Å². The van der Waals surface area contributed by atoms with Gasteiger partial charge in [-0.15, -0.1) is 0 Å². The Labute approximate surface area is 107 Å². The van der Waals surface area contributed by atoms with E-state index in [0.717, 1.165) is 30.7 Å². The molecule has 3 atom stereocenters. The van der Waals surface area contributed by atoms with Crippen molar-refractivity contribution in [1.29, 1.82) is 5.41 Å². The molecule has 5 nitrogen and oxygen atoms in total. The summed E-state index contributed by atoms with van der Waals surface area (Å²) in [6.45, 7) is 3.76. The van der Waals surface area contributed by atoms with Crippen LogP contribution >= 0.6 is 0 Å². The number of hydrogen-bond donors (Lipinski definition) is 1. The van der Waals surface area contributed by atoms with Gasteiger partial charge in [-0.25, -0.2) is 4.98 Å². The summed E-state index contributed by atoms with van der Waals surface area (Å²) in [5, 5.41) is 7.68. The minimum Gasteiger partial charge on any atom is -0.378 e. The van der Waals surface area contributed by atoms with Gasteiger partial charge in [-0.2, -0.15) is 0 Å². The molecule has 1 aromatic heterocycles. The third-order valence-electron chi connectivity index (χ3n) is 4.13. The number of imidazole rings is 1. The molecule has 0 aromatic carbocycles. The third kappa shape index (κ3) is 1.61. The van der Waals surface area contributed by atoms with E-state index in [1.807, 2.05) is 11.5 Å². The average Bonchev–Trinajstić information content (AvgIpc) is 2.66. The summed E-state index contributed by atoms with van der Waals surface area (Å²) in [5.41, 5.74) is 2.23. The first-order chi connectivity index (χ1) is 8.57. The molecule has 1 aromatic rings. The van der Waals surface area contributed by atoms with Crippen LogP contribution in [0, 0.1) is 12.3 Å². The second-order valence-electron chi connectivity index (χ2n) is 5.32. The van der Waals surface area contributed by atoms with Crippen molar-refractivity contribution in [1.82, 2.24) is 9.55 Å². The number of hydrogen-bond acceptors (Lipinski definition) is 4. The molecule has 98 valence electrons. The Morgan fingerprint density at radius 2 is 2.44 bits per heavy atom. The zero-order valence-corrected chi connectivity index (χ0v) is 11.1. The minimum atomic E-state index is -0.0456. The molecule has 2 fully saturated rings. The van der Waals surface area contributed by atoms with E-state index in [1.54, 1.807) is 20.4 Å². The Kier molecular flexibility index (Phi) is 2.57. The van der Waals surface area contributed by atoms with Gasteiger partial charge >= 0.3 is 0 Å². The summed E-state index contributed by atoms with van der Waals surface area (Å²) in [6, 6.07) is 0. The Morgan fingerprint density at radius 1 is 1.67 bits per heavy atom. The van der Waals surface area contributed by atoms with Crippen molar-refractivity contribution in [2.75, 3.05) is 7.11 Å². The van der Waals surface area contributed by atoms with E-state index in [2.05, 4.69) is 4.98 Å². The van der Waals surface area contributed by atoms with Gasteiger partial charge in [-0.3, -0.25) is 0 Å². The number of methoxy groups -OCH3 is 1. The highest BCUT2D eigenvalue weighted by molar-refractivity contribution is 5.95. The molecule has 18 heavy (non-hydrogen) atoms. The van der Waals surface area contributed by atoms with Gasteiger partial charge in [0.1, 0.15) is 11.9 Å². The lowest BCUT2D eigenvalue weighted by Gasteiger charge is -2.16. The van der Waals surface area contributed by atoms with Crippen LogP contribution in [0.25, 0.3) is 0 Å².